The second kappa shape index (κ2) is 12.1. The molecule has 6 heteroatoms. The van der Waals surface area contributed by atoms with Crippen LogP contribution in [0.1, 0.15) is 36.1 Å². The van der Waals surface area contributed by atoms with E-state index in [1.807, 2.05) is 68.4 Å². The maximum atomic E-state index is 12.7. The first kappa shape index (κ1) is 25.1. The fourth-order valence-corrected chi connectivity index (χ4v) is 3.65. The lowest BCUT2D eigenvalue weighted by Gasteiger charge is -2.14. The quantitative estimate of drug-likeness (QED) is 0.248. The van der Waals surface area contributed by atoms with Gasteiger partial charge in [-0.25, -0.2) is 0 Å². The standard InChI is InChI=1S/C28H27BrN2O3/c1-4-20-10-12-24(13-11-20)31-28(32)23(17-30)14-22-15-26(33-5-2)27(16-25(22)29)34-18-21-8-6-19(3)7-9-21/h6-16H,4-5,18H2,1-3H3,(H,31,32)/b23-14+. The molecule has 0 unspecified atom stereocenters. The summed E-state index contributed by atoms with van der Waals surface area (Å²) < 4.78 is 12.5. The Balaban J connectivity index is 1.82. The number of carbonyl (C=O) groups excluding carboxylic acids is 1. The van der Waals surface area contributed by atoms with Crippen LogP contribution in [-0.2, 0) is 17.8 Å². The van der Waals surface area contributed by atoms with Crippen LogP contribution in [-0.4, -0.2) is 12.5 Å². The van der Waals surface area contributed by atoms with Crippen molar-refractivity contribution in [2.75, 3.05) is 11.9 Å². The lowest BCUT2D eigenvalue weighted by Crippen LogP contribution is -2.13. The van der Waals surface area contributed by atoms with Gasteiger partial charge in [-0.2, -0.15) is 5.26 Å². The molecule has 174 valence electrons. The molecule has 1 N–H and O–H groups in total. The maximum absolute atomic E-state index is 12.7. The van der Waals surface area contributed by atoms with Gasteiger partial charge in [0, 0.05) is 10.2 Å². The van der Waals surface area contributed by atoms with Crippen molar-refractivity contribution < 1.29 is 14.3 Å². The second-order valence-corrected chi connectivity index (χ2v) is 8.56. The topological polar surface area (TPSA) is 71.3 Å². The molecule has 0 fully saturated rings. The summed E-state index contributed by atoms with van der Waals surface area (Å²) >= 11 is 3.54. The largest absolute Gasteiger partial charge is 0.490 e. The van der Waals surface area contributed by atoms with Gasteiger partial charge in [0.25, 0.3) is 5.91 Å². The Bertz CT molecular complexity index is 1210. The lowest BCUT2D eigenvalue weighted by atomic mass is 10.1. The molecule has 0 bridgehead atoms. The van der Waals surface area contributed by atoms with Crippen molar-refractivity contribution in [3.8, 4) is 17.6 Å². The molecule has 0 aliphatic rings. The van der Waals surface area contributed by atoms with Gasteiger partial charge in [-0.3, -0.25) is 4.79 Å². The third kappa shape index (κ3) is 6.72. The summed E-state index contributed by atoms with van der Waals surface area (Å²) in [6, 6.07) is 21.2. The second-order valence-electron chi connectivity index (χ2n) is 7.70. The van der Waals surface area contributed by atoms with Crippen molar-refractivity contribution in [3.05, 3.63) is 93.0 Å². The number of nitrogens with one attached hydrogen (secondary N) is 1. The number of carbonyl (C=O) groups is 1. The maximum Gasteiger partial charge on any atom is 0.266 e. The smallest absolute Gasteiger partial charge is 0.266 e. The number of ether oxygens (including phenoxy) is 2. The molecule has 0 heterocycles. The van der Waals surface area contributed by atoms with Gasteiger partial charge < -0.3 is 14.8 Å². The zero-order chi connectivity index (χ0) is 24.5. The zero-order valence-corrected chi connectivity index (χ0v) is 21.1. The SMILES string of the molecule is CCOc1cc(/C=C(\C#N)C(=O)Nc2ccc(CC)cc2)c(Br)cc1OCc1ccc(C)cc1. The molecule has 5 nitrogen and oxygen atoms in total. The van der Waals surface area contributed by atoms with Gasteiger partial charge in [-0.1, -0.05) is 64.8 Å². The van der Waals surface area contributed by atoms with Crippen molar-refractivity contribution in [1.29, 1.82) is 5.26 Å². The molecule has 0 aromatic heterocycles. The number of hydrogen-bond acceptors (Lipinski definition) is 4. The number of anilines is 1. The minimum Gasteiger partial charge on any atom is -0.490 e. The summed E-state index contributed by atoms with van der Waals surface area (Å²) in [4.78, 5) is 12.7. The summed E-state index contributed by atoms with van der Waals surface area (Å²) in [6.45, 7) is 6.84. The predicted octanol–water partition coefficient (Wildman–Crippen LogP) is 6.84. The highest BCUT2D eigenvalue weighted by molar-refractivity contribution is 9.10. The molecule has 34 heavy (non-hydrogen) atoms. The lowest BCUT2D eigenvalue weighted by molar-refractivity contribution is -0.112. The number of amides is 1. The number of nitrogens with zero attached hydrogens (tertiary/aromatic N) is 1. The van der Waals surface area contributed by atoms with Crippen LogP contribution in [0.5, 0.6) is 11.5 Å². The molecule has 0 spiro atoms. The fourth-order valence-electron chi connectivity index (χ4n) is 3.21. The van der Waals surface area contributed by atoms with E-state index < -0.39 is 5.91 Å². The molecule has 3 aromatic carbocycles. The van der Waals surface area contributed by atoms with Crippen LogP contribution < -0.4 is 14.8 Å². The van der Waals surface area contributed by atoms with E-state index in [4.69, 9.17) is 9.47 Å². The van der Waals surface area contributed by atoms with E-state index in [1.165, 1.54) is 17.2 Å². The van der Waals surface area contributed by atoms with Gasteiger partial charge in [0.15, 0.2) is 11.5 Å². The van der Waals surface area contributed by atoms with Gasteiger partial charge in [-0.15, -0.1) is 0 Å². The molecular weight excluding hydrogens is 492 g/mol. The van der Waals surface area contributed by atoms with E-state index in [9.17, 15) is 10.1 Å². The average Bonchev–Trinajstić information content (AvgIpc) is 2.84. The molecule has 0 saturated carbocycles. The number of halogens is 1. The first-order valence-corrected chi connectivity index (χ1v) is 11.9. The minimum atomic E-state index is -0.476. The van der Waals surface area contributed by atoms with Crippen LogP contribution in [0.15, 0.2) is 70.7 Å². The average molecular weight is 519 g/mol. The highest BCUT2D eigenvalue weighted by Gasteiger charge is 2.14. The highest BCUT2D eigenvalue weighted by atomic mass is 79.9. The Morgan fingerprint density at radius 3 is 2.26 bits per heavy atom. The van der Waals surface area contributed by atoms with Crippen LogP contribution in [0.2, 0.25) is 0 Å². The first-order chi connectivity index (χ1) is 16.4. The Labute approximate surface area is 209 Å². The van der Waals surface area contributed by atoms with Crippen molar-refractivity contribution >= 4 is 33.6 Å². The number of nitriles is 1. The van der Waals surface area contributed by atoms with Crippen LogP contribution in [0.3, 0.4) is 0 Å². The van der Waals surface area contributed by atoms with Crippen molar-refractivity contribution in [2.24, 2.45) is 0 Å². The Kier molecular flexibility index (Phi) is 8.89. The van der Waals surface area contributed by atoms with Gasteiger partial charge in [0.2, 0.25) is 0 Å². The Morgan fingerprint density at radius 2 is 1.65 bits per heavy atom. The van der Waals surface area contributed by atoms with Crippen molar-refractivity contribution in [2.45, 2.75) is 33.8 Å². The number of rotatable bonds is 9. The molecule has 0 aliphatic heterocycles. The van der Waals surface area contributed by atoms with E-state index in [2.05, 4.69) is 28.2 Å². The van der Waals surface area contributed by atoms with E-state index >= 15 is 0 Å². The summed E-state index contributed by atoms with van der Waals surface area (Å²) in [5, 5.41) is 12.4. The Hall–Kier alpha value is -3.56. The van der Waals surface area contributed by atoms with E-state index in [-0.39, 0.29) is 5.57 Å². The molecule has 0 radical (unpaired) electrons. The number of benzene rings is 3. The van der Waals surface area contributed by atoms with E-state index in [0.29, 0.717) is 40.4 Å². The highest BCUT2D eigenvalue weighted by Crippen LogP contribution is 2.35. The van der Waals surface area contributed by atoms with Gasteiger partial charge >= 0.3 is 0 Å². The van der Waals surface area contributed by atoms with Crippen LogP contribution >= 0.6 is 15.9 Å². The third-order valence-electron chi connectivity index (χ3n) is 5.16. The summed E-state index contributed by atoms with van der Waals surface area (Å²) in [7, 11) is 0. The zero-order valence-electron chi connectivity index (χ0n) is 19.5. The van der Waals surface area contributed by atoms with Gasteiger partial charge in [0.05, 0.1) is 6.61 Å². The molecule has 1 amide bonds. The van der Waals surface area contributed by atoms with Crippen LogP contribution in [0, 0.1) is 18.3 Å². The van der Waals surface area contributed by atoms with Gasteiger partial charge in [-0.05, 0) is 67.3 Å². The number of hydrogen-bond donors (Lipinski definition) is 1. The molecular formula is C28H27BrN2O3. The number of aryl methyl sites for hydroxylation is 2. The normalized spacial score (nSPS) is 11.0. The molecule has 3 aromatic rings. The minimum absolute atomic E-state index is 0.0176. The van der Waals surface area contributed by atoms with Crippen molar-refractivity contribution in [3.63, 3.8) is 0 Å². The van der Waals surface area contributed by atoms with E-state index in [0.717, 1.165) is 12.0 Å². The molecule has 0 saturated heterocycles. The first-order valence-electron chi connectivity index (χ1n) is 11.1. The molecule has 0 atom stereocenters. The third-order valence-corrected chi connectivity index (χ3v) is 5.85. The predicted molar refractivity (Wildman–Crippen MR) is 139 cm³/mol. The summed E-state index contributed by atoms with van der Waals surface area (Å²) in [5.41, 5.74) is 4.66. The molecule has 0 aliphatic carbocycles. The molecule has 3 rings (SSSR count). The van der Waals surface area contributed by atoms with Crippen LogP contribution in [0.25, 0.3) is 6.08 Å². The van der Waals surface area contributed by atoms with Gasteiger partial charge in [0.1, 0.15) is 18.2 Å². The Morgan fingerprint density at radius 1 is 1.00 bits per heavy atom. The summed E-state index contributed by atoms with van der Waals surface area (Å²) in [5.74, 6) is 0.638. The van der Waals surface area contributed by atoms with Crippen LogP contribution in [0.4, 0.5) is 5.69 Å². The van der Waals surface area contributed by atoms with E-state index in [1.54, 1.807) is 12.1 Å². The fraction of sp³-hybridized carbons (Fsp3) is 0.214. The van der Waals surface area contributed by atoms with Crippen molar-refractivity contribution in [1.82, 2.24) is 0 Å². The monoisotopic (exact) mass is 518 g/mol. The summed E-state index contributed by atoms with van der Waals surface area (Å²) in [6.07, 6.45) is 2.45.